The zero-order chi connectivity index (χ0) is 16.9. The van der Waals surface area contributed by atoms with Crippen LogP contribution in [0.25, 0.3) is 0 Å². The Labute approximate surface area is 148 Å². The Morgan fingerprint density at radius 1 is 1.08 bits per heavy atom. The molecule has 0 aliphatic carbocycles. The van der Waals surface area contributed by atoms with Crippen LogP contribution in [0.4, 0.5) is 0 Å². The predicted molar refractivity (Wildman–Crippen MR) is 98.4 cm³/mol. The molecular weight excluding hydrogens is 320 g/mol. The highest BCUT2D eigenvalue weighted by atomic mass is 35.5. The van der Waals surface area contributed by atoms with E-state index < -0.39 is 0 Å². The van der Waals surface area contributed by atoms with Crippen molar-refractivity contribution in [3.05, 3.63) is 70.7 Å². The average molecular weight is 343 g/mol. The minimum atomic E-state index is 0.0275. The molecule has 1 aliphatic rings. The average Bonchev–Trinajstić information content (AvgIpc) is 3.13. The fourth-order valence-electron chi connectivity index (χ4n) is 3.27. The Morgan fingerprint density at radius 2 is 1.71 bits per heavy atom. The Bertz CT molecular complexity index is 666. The number of hydrogen-bond acceptors (Lipinski definition) is 2. The summed E-state index contributed by atoms with van der Waals surface area (Å²) in [5, 5.41) is 0.644. The monoisotopic (exact) mass is 342 g/mol. The molecule has 0 aromatic heterocycles. The van der Waals surface area contributed by atoms with E-state index in [9.17, 15) is 4.79 Å². The lowest BCUT2D eigenvalue weighted by molar-refractivity contribution is 0.0696. The van der Waals surface area contributed by atoms with Gasteiger partial charge in [0.2, 0.25) is 0 Å². The molecule has 0 unspecified atom stereocenters. The molecule has 1 atom stereocenters. The van der Waals surface area contributed by atoms with Crippen molar-refractivity contribution in [2.24, 2.45) is 0 Å². The molecule has 0 N–H and O–H groups in total. The van der Waals surface area contributed by atoms with Crippen molar-refractivity contribution < 1.29 is 4.79 Å². The highest BCUT2D eigenvalue weighted by Gasteiger charge is 2.26. The molecule has 1 saturated heterocycles. The van der Waals surface area contributed by atoms with E-state index in [1.165, 1.54) is 18.4 Å². The Balaban J connectivity index is 1.83. The van der Waals surface area contributed by atoms with Crippen LogP contribution in [0.1, 0.15) is 34.8 Å². The van der Waals surface area contributed by atoms with Crippen LogP contribution in [0, 0.1) is 0 Å². The zero-order valence-electron chi connectivity index (χ0n) is 14.0. The van der Waals surface area contributed by atoms with Gasteiger partial charge in [0.15, 0.2) is 0 Å². The van der Waals surface area contributed by atoms with Crippen LogP contribution in [0.15, 0.2) is 54.6 Å². The van der Waals surface area contributed by atoms with Crippen molar-refractivity contribution in [1.29, 1.82) is 0 Å². The van der Waals surface area contributed by atoms with Crippen LogP contribution in [0.5, 0.6) is 0 Å². The van der Waals surface area contributed by atoms with Crippen LogP contribution in [0.3, 0.4) is 0 Å². The molecule has 4 heteroatoms. The van der Waals surface area contributed by atoms with E-state index in [1.54, 1.807) is 24.3 Å². The number of likely N-dealkylation sites (N-methyl/N-ethyl adjacent to an activating group) is 1. The first kappa shape index (κ1) is 17.0. The number of likely N-dealkylation sites (tertiary alicyclic amines) is 1. The SMILES string of the molecule is CN(C(=O)c1ccc(Cl)cc1)[C@@H](CN1CCCC1)c1ccccc1. The van der Waals surface area contributed by atoms with Crippen LogP contribution in [-0.2, 0) is 0 Å². The van der Waals surface area contributed by atoms with Crippen molar-refractivity contribution in [3.63, 3.8) is 0 Å². The summed E-state index contributed by atoms with van der Waals surface area (Å²) in [5.74, 6) is 0.0275. The van der Waals surface area contributed by atoms with Crippen LogP contribution in [-0.4, -0.2) is 42.4 Å². The number of carbonyl (C=O) groups is 1. The minimum absolute atomic E-state index is 0.0275. The normalized spacial score (nSPS) is 16.1. The molecule has 1 heterocycles. The van der Waals surface area contributed by atoms with Crippen molar-refractivity contribution >= 4 is 17.5 Å². The Morgan fingerprint density at radius 3 is 2.33 bits per heavy atom. The zero-order valence-corrected chi connectivity index (χ0v) is 14.7. The molecule has 0 radical (unpaired) electrons. The second-order valence-electron chi connectivity index (χ2n) is 6.36. The van der Waals surface area contributed by atoms with E-state index in [2.05, 4.69) is 17.0 Å². The van der Waals surface area contributed by atoms with E-state index in [-0.39, 0.29) is 11.9 Å². The topological polar surface area (TPSA) is 23.6 Å². The van der Waals surface area contributed by atoms with Crippen LogP contribution >= 0.6 is 11.6 Å². The first-order valence-corrected chi connectivity index (χ1v) is 8.83. The quantitative estimate of drug-likeness (QED) is 0.811. The maximum Gasteiger partial charge on any atom is 0.254 e. The fourth-order valence-corrected chi connectivity index (χ4v) is 3.40. The predicted octanol–water partition coefficient (Wildman–Crippen LogP) is 4.25. The first-order valence-electron chi connectivity index (χ1n) is 8.45. The van der Waals surface area contributed by atoms with Crippen molar-refractivity contribution in [2.75, 3.05) is 26.7 Å². The molecule has 3 nitrogen and oxygen atoms in total. The summed E-state index contributed by atoms with van der Waals surface area (Å²) < 4.78 is 0. The number of halogens is 1. The maximum atomic E-state index is 12.9. The minimum Gasteiger partial charge on any atom is -0.333 e. The second kappa shape index (κ2) is 7.82. The number of benzene rings is 2. The second-order valence-corrected chi connectivity index (χ2v) is 6.79. The van der Waals surface area contributed by atoms with Crippen molar-refractivity contribution in [3.8, 4) is 0 Å². The van der Waals surface area contributed by atoms with Gasteiger partial charge in [-0.2, -0.15) is 0 Å². The third-order valence-corrected chi connectivity index (χ3v) is 4.95. The maximum absolute atomic E-state index is 12.9. The molecule has 3 rings (SSSR count). The first-order chi connectivity index (χ1) is 11.6. The van der Waals surface area contributed by atoms with Crippen molar-refractivity contribution in [1.82, 2.24) is 9.80 Å². The van der Waals surface area contributed by atoms with Gasteiger partial charge in [-0.1, -0.05) is 41.9 Å². The third-order valence-electron chi connectivity index (χ3n) is 4.69. The Hall–Kier alpha value is -1.84. The van der Waals surface area contributed by atoms with Crippen molar-refractivity contribution in [2.45, 2.75) is 18.9 Å². The molecule has 0 spiro atoms. The standard InChI is InChI=1S/C20H23ClN2O/c1-22(20(24)17-9-11-18(21)12-10-17)19(15-23-13-5-6-14-23)16-7-3-2-4-8-16/h2-4,7-12,19H,5-6,13-15H2,1H3/t19-/m0/s1. The summed E-state index contributed by atoms with van der Waals surface area (Å²) in [7, 11) is 1.89. The van der Waals surface area contributed by atoms with Gasteiger partial charge < -0.3 is 9.80 Å². The van der Waals surface area contributed by atoms with E-state index >= 15 is 0 Å². The highest BCUT2D eigenvalue weighted by molar-refractivity contribution is 6.30. The highest BCUT2D eigenvalue weighted by Crippen LogP contribution is 2.24. The van der Waals surface area contributed by atoms with Gasteiger partial charge in [0.1, 0.15) is 0 Å². The Kier molecular flexibility index (Phi) is 5.54. The number of amides is 1. The largest absolute Gasteiger partial charge is 0.333 e. The molecule has 0 saturated carbocycles. The summed E-state index contributed by atoms with van der Waals surface area (Å²) >= 11 is 5.94. The molecule has 1 fully saturated rings. The van der Waals surface area contributed by atoms with Gasteiger partial charge in [-0.3, -0.25) is 4.79 Å². The van der Waals surface area contributed by atoms with Gasteiger partial charge >= 0.3 is 0 Å². The number of carbonyl (C=O) groups excluding carboxylic acids is 1. The smallest absolute Gasteiger partial charge is 0.254 e. The molecule has 0 bridgehead atoms. The van der Waals surface area contributed by atoms with Crippen LogP contribution in [0.2, 0.25) is 5.02 Å². The molecule has 2 aromatic carbocycles. The summed E-state index contributed by atoms with van der Waals surface area (Å²) in [4.78, 5) is 17.2. The van der Waals surface area contributed by atoms with E-state index in [0.29, 0.717) is 10.6 Å². The summed E-state index contributed by atoms with van der Waals surface area (Å²) in [5.41, 5.74) is 1.85. The summed E-state index contributed by atoms with van der Waals surface area (Å²) in [6.07, 6.45) is 2.49. The molecule has 24 heavy (non-hydrogen) atoms. The fraction of sp³-hybridized carbons (Fsp3) is 0.350. The summed E-state index contributed by atoms with van der Waals surface area (Å²) in [6.45, 7) is 3.11. The van der Waals surface area contributed by atoms with Gasteiger partial charge in [-0.05, 0) is 55.8 Å². The van der Waals surface area contributed by atoms with Gasteiger partial charge in [0.25, 0.3) is 5.91 Å². The van der Waals surface area contributed by atoms with Gasteiger partial charge in [0, 0.05) is 24.2 Å². The lowest BCUT2D eigenvalue weighted by Crippen LogP contribution is -2.38. The molecule has 126 valence electrons. The number of nitrogens with zero attached hydrogens (tertiary/aromatic N) is 2. The molecular formula is C20H23ClN2O. The molecule has 1 aliphatic heterocycles. The summed E-state index contributed by atoms with van der Waals surface area (Å²) in [6, 6.07) is 17.4. The van der Waals surface area contributed by atoms with E-state index in [0.717, 1.165) is 19.6 Å². The van der Waals surface area contributed by atoms with Gasteiger partial charge in [-0.15, -0.1) is 0 Å². The third kappa shape index (κ3) is 3.97. The number of rotatable bonds is 5. The molecule has 2 aromatic rings. The lowest BCUT2D eigenvalue weighted by atomic mass is 10.0. The van der Waals surface area contributed by atoms with Crippen LogP contribution < -0.4 is 0 Å². The lowest BCUT2D eigenvalue weighted by Gasteiger charge is -2.32. The molecule has 1 amide bonds. The van der Waals surface area contributed by atoms with E-state index in [1.807, 2.05) is 30.1 Å². The number of hydrogen-bond donors (Lipinski definition) is 0. The van der Waals surface area contributed by atoms with Gasteiger partial charge in [0.05, 0.1) is 6.04 Å². The van der Waals surface area contributed by atoms with E-state index in [4.69, 9.17) is 11.6 Å². The van der Waals surface area contributed by atoms with Gasteiger partial charge in [-0.25, -0.2) is 0 Å².